The van der Waals surface area contributed by atoms with E-state index in [0.717, 1.165) is 0 Å². The number of halogens is 1. The minimum atomic E-state index is -0.536. The van der Waals surface area contributed by atoms with E-state index in [1.54, 1.807) is 24.3 Å². The molecule has 118 valence electrons. The van der Waals surface area contributed by atoms with Crippen LogP contribution in [0, 0.1) is 0 Å². The average Bonchev–Trinajstić information content (AvgIpc) is 2.55. The number of fused-ring (bicyclic) bond motifs is 1. The molecule has 0 fully saturated rings. The summed E-state index contributed by atoms with van der Waals surface area (Å²) in [6.45, 7) is 0.966. The highest BCUT2D eigenvalue weighted by molar-refractivity contribution is 9.10. The molecule has 0 unspecified atom stereocenters. The van der Waals surface area contributed by atoms with Crippen LogP contribution in [-0.2, 0) is 0 Å². The van der Waals surface area contributed by atoms with Crippen molar-refractivity contribution < 1.29 is 19.1 Å². The van der Waals surface area contributed by atoms with Crippen molar-refractivity contribution in [2.45, 2.75) is 0 Å². The first-order valence-electron chi connectivity index (χ1n) is 6.85. The number of amides is 2. The Morgan fingerprint density at radius 1 is 1.00 bits per heavy atom. The maximum atomic E-state index is 12.3. The van der Waals surface area contributed by atoms with Crippen LogP contribution in [0.15, 0.2) is 40.9 Å². The lowest BCUT2D eigenvalue weighted by Crippen LogP contribution is -2.17. The van der Waals surface area contributed by atoms with Crippen molar-refractivity contribution in [1.29, 1.82) is 0 Å². The maximum Gasteiger partial charge on any atom is 0.255 e. The lowest BCUT2D eigenvalue weighted by atomic mass is 10.1. The summed E-state index contributed by atoms with van der Waals surface area (Å²) < 4.78 is 11.7. The Hall–Kier alpha value is -2.54. The van der Waals surface area contributed by atoms with Crippen LogP contribution in [0.3, 0.4) is 0 Å². The van der Waals surface area contributed by atoms with Crippen LogP contribution in [0.25, 0.3) is 0 Å². The van der Waals surface area contributed by atoms with E-state index in [9.17, 15) is 9.59 Å². The molecule has 7 heteroatoms. The van der Waals surface area contributed by atoms with Gasteiger partial charge in [-0.2, -0.15) is 0 Å². The molecule has 1 aliphatic heterocycles. The summed E-state index contributed by atoms with van der Waals surface area (Å²) in [6, 6.07) is 9.56. The molecular weight excluding hydrogens is 364 g/mol. The summed E-state index contributed by atoms with van der Waals surface area (Å²) in [5.74, 6) is 0.371. The van der Waals surface area contributed by atoms with Crippen LogP contribution in [0.2, 0.25) is 0 Å². The highest BCUT2D eigenvalue weighted by atomic mass is 79.9. The first-order valence-corrected chi connectivity index (χ1v) is 7.64. The molecule has 23 heavy (non-hydrogen) atoms. The summed E-state index contributed by atoms with van der Waals surface area (Å²) in [7, 11) is 0. The second kappa shape index (κ2) is 6.29. The van der Waals surface area contributed by atoms with Crippen molar-refractivity contribution in [3.63, 3.8) is 0 Å². The summed E-state index contributed by atoms with van der Waals surface area (Å²) in [6.07, 6.45) is 0. The van der Waals surface area contributed by atoms with E-state index in [1.807, 2.05) is 0 Å². The van der Waals surface area contributed by atoms with Crippen molar-refractivity contribution in [1.82, 2.24) is 0 Å². The Kier molecular flexibility index (Phi) is 4.20. The maximum absolute atomic E-state index is 12.3. The fourth-order valence-corrected chi connectivity index (χ4v) is 2.56. The van der Waals surface area contributed by atoms with Crippen LogP contribution < -0.4 is 20.5 Å². The first-order chi connectivity index (χ1) is 11.0. The molecule has 2 aromatic rings. The molecule has 1 aliphatic rings. The molecule has 3 rings (SSSR count). The normalized spacial score (nSPS) is 12.6. The molecule has 0 saturated heterocycles. The highest BCUT2D eigenvalue weighted by Gasteiger charge is 2.16. The lowest BCUT2D eigenvalue weighted by Gasteiger charge is -2.20. The number of hydrogen-bond acceptors (Lipinski definition) is 4. The Labute approximate surface area is 140 Å². The number of benzene rings is 2. The van der Waals surface area contributed by atoms with Crippen LogP contribution in [0.5, 0.6) is 11.5 Å². The summed E-state index contributed by atoms with van der Waals surface area (Å²) in [5, 5.41) is 2.79. The van der Waals surface area contributed by atoms with Gasteiger partial charge in [0.2, 0.25) is 5.91 Å². The topological polar surface area (TPSA) is 90.7 Å². The van der Waals surface area contributed by atoms with Crippen molar-refractivity contribution in [3.8, 4) is 11.5 Å². The van der Waals surface area contributed by atoms with Gasteiger partial charge in [-0.25, -0.2) is 0 Å². The summed E-state index contributed by atoms with van der Waals surface area (Å²) >= 11 is 3.40. The Bertz CT molecular complexity index is 774. The molecule has 0 radical (unpaired) electrons. The van der Waals surface area contributed by atoms with Crippen molar-refractivity contribution in [2.24, 2.45) is 5.73 Å². The van der Waals surface area contributed by atoms with Gasteiger partial charge in [-0.15, -0.1) is 0 Å². The molecule has 0 aliphatic carbocycles. The van der Waals surface area contributed by atoms with Crippen LogP contribution in [0.1, 0.15) is 20.7 Å². The van der Waals surface area contributed by atoms with Crippen LogP contribution in [-0.4, -0.2) is 25.0 Å². The van der Waals surface area contributed by atoms with Gasteiger partial charge in [0.1, 0.15) is 13.2 Å². The van der Waals surface area contributed by atoms with Gasteiger partial charge in [-0.3, -0.25) is 9.59 Å². The monoisotopic (exact) mass is 376 g/mol. The number of ether oxygens (including phenoxy) is 2. The lowest BCUT2D eigenvalue weighted by molar-refractivity contribution is 0.0995. The van der Waals surface area contributed by atoms with Gasteiger partial charge >= 0.3 is 0 Å². The fraction of sp³-hybridized carbons (Fsp3) is 0.125. The first kappa shape index (κ1) is 15.4. The van der Waals surface area contributed by atoms with E-state index in [0.29, 0.717) is 46.0 Å². The smallest absolute Gasteiger partial charge is 0.255 e. The van der Waals surface area contributed by atoms with Crippen molar-refractivity contribution >= 4 is 33.4 Å². The van der Waals surface area contributed by atoms with E-state index in [2.05, 4.69) is 21.2 Å². The number of carbonyl (C=O) groups is 2. The number of hydrogen-bond donors (Lipinski definition) is 2. The third-order valence-electron chi connectivity index (χ3n) is 3.31. The number of carbonyl (C=O) groups excluding carboxylic acids is 2. The molecule has 2 aromatic carbocycles. The molecule has 1 heterocycles. The summed E-state index contributed by atoms with van der Waals surface area (Å²) in [5.41, 5.74) is 6.51. The number of nitrogens with two attached hydrogens (primary N) is 1. The highest BCUT2D eigenvalue weighted by Crippen LogP contribution is 2.38. The Morgan fingerprint density at radius 3 is 2.17 bits per heavy atom. The SMILES string of the molecule is NC(=O)c1ccc(C(=O)Nc2cc3c(cc2Br)OCCO3)cc1. The molecular formula is C16H13BrN2O4. The third-order valence-corrected chi connectivity index (χ3v) is 3.97. The molecule has 3 N–H and O–H groups in total. The number of anilines is 1. The van der Waals surface area contributed by atoms with E-state index < -0.39 is 5.91 Å². The predicted octanol–water partition coefficient (Wildman–Crippen LogP) is 2.57. The molecule has 0 saturated carbocycles. The minimum absolute atomic E-state index is 0.307. The van der Waals surface area contributed by atoms with Crippen molar-refractivity contribution in [2.75, 3.05) is 18.5 Å². The zero-order valence-corrected chi connectivity index (χ0v) is 13.6. The average molecular weight is 377 g/mol. The van der Waals surface area contributed by atoms with Crippen LogP contribution in [0.4, 0.5) is 5.69 Å². The van der Waals surface area contributed by atoms with Gasteiger partial charge in [0.15, 0.2) is 11.5 Å². The number of rotatable bonds is 3. The molecule has 2 amide bonds. The summed E-state index contributed by atoms with van der Waals surface area (Å²) in [4.78, 5) is 23.3. The fourth-order valence-electron chi connectivity index (χ4n) is 2.14. The van der Waals surface area contributed by atoms with Gasteiger partial charge in [-0.05, 0) is 40.2 Å². The van der Waals surface area contributed by atoms with Gasteiger partial charge in [-0.1, -0.05) is 0 Å². The number of primary amides is 1. The van der Waals surface area contributed by atoms with E-state index in [-0.39, 0.29) is 5.91 Å². The standard InChI is InChI=1S/C16H13BrN2O4/c17-11-7-13-14(23-6-5-22-13)8-12(11)19-16(21)10-3-1-9(2-4-10)15(18)20/h1-4,7-8H,5-6H2,(H2,18,20)(H,19,21). The number of nitrogens with one attached hydrogen (secondary N) is 1. The predicted molar refractivity (Wildman–Crippen MR) is 88.0 cm³/mol. The van der Waals surface area contributed by atoms with E-state index >= 15 is 0 Å². The van der Waals surface area contributed by atoms with Gasteiger partial charge in [0.25, 0.3) is 5.91 Å². The zero-order valence-electron chi connectivity index (χ0n) is 12.0. The van der Waals surface area contributed by atoms with Crippen molar-refractivity contribution in [3.05, 3.63) is 52.0 Å². The van der Waals surface area contributed by atoms with Crippen LogP contribution >= 0.6 is 15.9 Å². The zero-order chi connectivity index (χ0) is 16.4. The van der Waals surface area contributed by atoms with Gasteiger partial charge in [0, 0.05) is 27.7 Å². The molecule has 0 aromatic heterocycles. The molecule has 0 atom stereocenters. The molecule has 6 nitrogen and oxygen atoms in total. The quantitative estimate of drug-likeness (QED) is 0.860. The third kappa shape index (κ3) is 3.29. The van der Waals surface area contributed by atoms with Gasteiger partial charge < -0.3 is 20.5 Å². The minimum Gasteiger partial charge on any atom is -0.486 e. The second-order valence-corrected chi connectivity index (χ2v) is 5.73. The molecule has 0 bridgehead atoms. The Morgan fingerprint density at radius 2 is 1.57 bits per heavy atom. The van der Waals surface area contributed by atoms with E-state index in [4.69, 9.17) is 15.2 Å². The molecule has 0 spiro atoms. The second-order valence-electron chi connectivity index (χ2n) is 4.87. The largest absolute Gasteiger partial charge is 0.486 e. The van der Waals surface area contributed by atoms with E-state index in [1.165, 1.54) is 12.1 Å². The Balaban J connectivity index is 1.81. The van der Waals surface area contributed by atoms with Gasteiger partial charge in [0.05, 0.1) is 5.69 Å².